The number of para-hydroxylation sites is 2. The maximum atomic E-state index is 12.6. The minimum atomic E-state index is -0.586. The number of hydrogen-bond acceptors (Lipinski definition) is 5. The lowest BCUT2D eigenvalue weighted by atomic mass is 10.0. The van der Waals surface area contributed by atoms with Crippen LogP contribution in [0.15, 0.2) is 47.2 Å². The van der Waals surface area contributed by atoms with Crippen molar-refractivity contribution in [3.05, 3.63) is 58.7 Å². The zero-order chi connectivity index (χ0) is 19.0. The number of aromatic nitrogens is 3. The fourth-order valence-corrected chi connectivity index (χ4v) is 4.85. The van der Waals surface area contributed by atoms with Crippen molar-refractivity contribution in [3.63, 3.8) is 0 Å². The Morgan fingerprint density at radius 2 is 1.96 bits per heavy atom. The molecule has 3 heterocycles. The van der Waals surface area contributed by atoms with E-state index in [4.69, 9.17) is 4.98 Å². The molecule has 4 rings (SSSR count). The summed E-state index contributed by atoms with van der Waals surface area (Å²) in [6.45, 7) is 3.95. The van der Waals surface area contributed by atoms with Gasteiger partial charge in [0.1, 0.15) is 10.8 Å². The van der Waals surface area contributed by atoms with Crippen molar-refractivity contribution < 1.29 is 4.79 Å². The summed E-state index contributed by atoms with van der Waals surface area (Å²) in [5.41, 5.74) is 2.19. The van der Waals surface area contributed by atoms with Gasteiger partial charge in [0.2, 0.25) is 5.91 Å². The number of fused-ring (bicyclic) bond motifs is 1. The normalized spacial score (nSPS) is 11.8. The maximum Gasteiger partial charge on any atom is 0.226 e. The molecule has 0 aliphatic carbocycles. The summed E-state index contributed by atoms with van der Waals surface area (Å²) in [5.74, 6) is 0.768. The van der Waals surface area contributed by atoms with Crippen molar-refractivity contribution in [1.82, 2.24) is 19.9 Å². The highest BCUT2D eigenvalue weighted by atomic mass is 32.1. The van der Waals surface area contributed by atoms with E-state index >= 15 is 0 Å². The van der Waals surface area contributed by atoms with Crippen LogP contribution in [0.3, 0.4) is 0 Å². The second kappa shape index (κ2) is 6.90. The summed E-state index contributed by atoms with van der Waals surface area (Å²) in [4.78, 5) is 23.1. The van der Waals surface area contributed by atoms with Crippen LogP contribution in [-0.2, 0) is 23.8 Å². The molecular formula is C20H20N4OS2. The number of nitrogens with one attached hydrogen (secondary N) is 1. The van der Waals surface area contributed by atoms with Gasteiger partial charge in [-0.15, -0.1) is 22.7 Å². The van der Waals surface area contributed by atoms with Crippen LogP contribution in [0, 0.1) is 0 Å². The number of carbonyl (C=O) groups excluding carboxylic acids is 1. The van der Waals surface area contributed by atoms with Gasteiger partial charge < -0.3 is 9.88 Å². The molecule has 0 atom stereocenters. The lowest BCUT2D eigenvalue weighted by Crippen LogP contribution is -2.43. The molecule has 138 valence electrons. The highest BCUT2D eigenvalue weighted by Gasteiger charge is 2.28. The van der Waals surface area contributed by atoms with Gasteiger partial charge in [0.05, 0.1) is 33.6 Å². The van der Waals surface area contributed by atoms with E-state index in [1.165, 1.54) is 0 Å². The topological polar surface area (TPSA) is 59.8 Å². The van der Waals surface area contributed by atoms with Crippen LogP contribution in [0.2, 0.25) is 0 Å². The monoisotopic (exact) mass is 396 g/mol. The lowest BCUT2D eigenvalue weighted by Gasteiger charge is -2.25. The number of imidazole rings is 1. The van der Waals surface area contributed by atoms with Gasteiger partial charge >= 0.3 is 0 Å². The summed E-state index contributed by atoms with van der Waals surface area (Å²) in [6, 6.07) is 12.0. The molecule has 7 heteroatoms. The Morgan fingerprint density at radius 3 is 2.70 bits per heavy atom. The lowest BCUT2D eigenvalue weighted by molar-refractivity contribution is -0.122. The van der Waals surface area contributed by atoms with Gasteiger partial charge in [-0.2, -0.15) is 0 Å². The SMILES string of the molecule is Cn1c(C(C)(C)NC(=O)Cc2csc(-c3cccs3)n2)nc2ccccc21. The Kier molecular flexibility index (Phi) is 4.57. The first-order chi connectivity index (χ1) is 12.9. The fourth-order valence-electron chi connectivity index (χ4n) is 3.22. The molecule has 27 heavy (non-hydrogen) atoms. The predicted octanol–water partition coefficient (Wildman–Crippen LogP) is 4.35. The second-order valence-corrected chi connectivity index (χ2v) is 8.76. The van der Waals surface area contributed by atoms with Gasteiger partial charge in [0.15, 0.2) is 0 Å². The van der Waals surface area contributed by atoms with Crippen molar-refractivity contribution >= 4 is 39.6 Å². The Labute approximate surface area is 165 Å². The van der Waals surface area contributed by atoms with Crippen molar-refractivity contribution in [2.45, 2.75) is 25.8 Å². The van der Waals surface area contributed by atoms with Crippen LogP contribution in [-0.4, -0.2) is 20.4 Å². The third-order valence-corrected chi connectivity index (χ3v) is 6.35. The minimum Gasteiger partial charge on any atom is -0.344 e. The number of rotatable bonds is 5. The number of aryl methyl sites for hydroxylation is 1. The third-order valence-electron chi connectivity index (χ3n) is 4.42. The fraction of sp³-hybridized carbons (Fsp3) is 0.250. The van der Waals surface area contributed by atoms with Gasteiger partial charge in [-0.25, -0.2) is 9.97 Å². The van der Waals surface area contributed by atoms with E-state index < -0.39 is 5.54 Å². The van der Waals surface area contributed by atoms with E-state index in [2.05, 4.69) is 10.3 Å². The minimum absolute atomic E-state index is 0.0601. The van der Waals surface area contributed by atoms with Gasteiger partial charge in [-0.1, -0.05) is 18.2 Å². The van der Waals surface area contributed by atoms with Crippen LogP contribution in [0.5, 0.6) is 0 Å². The first kappa shape index (κ1) is 17.9. The largest absolute Gasteiger partial charge is 0.344 e. The molecule has 0 radical (unpaired) electrons. The third kappa shape index (κ3) is 3.52. The number of hydrogen-bond donors (Lipinski definition) is 1. The highest BCUT2D eigenvalue weighted by molar-refractivity contribution is 7.20. The molecule has 3 aromatic heterocycles. The summed E-state index contributed by atoms with van der Waals surface area (Å²) in [7, 11) is 1.98. The molecule has 0 spiro atoms. The second-order valence-electron chi connectivity index (χ2n) is 6.95. The van der Waals surface area contributed by atoms with Crippen molar-refractivity contribution in [1.29, 1.82) is 0 Å². The standard InChI is InChI=1S/C20H20N4OS2/c1-20(2,19-22-14-7-4-5-8-15(14)24(19)3)23-17(25)11-13-12-27-18(21-13)16-9-6-10-26-16/h4-10,12H,11H2,1-3H3,(H,23,25). The van der Waals surface area contributed by atoms with E-state index in [0.29, 0.717) is 0 Å². The molecule has 1 aromatic carbocycles. The summed E-state index contributed by atoms with van der Waals surface area (Å²) >= 11 is 3.23. The molecule has 0 saturated heterocycles. The molecule has 0 unspecified atom stereocenters. The number of thiazole rings is 1. The summed E-state index contributed by atoms with van der Waals surface area (Å²) in [6.07, 6.45) is 0.259. The Hall–Kier alpha value is -2.51. The molecule has 1 amide bonds. The number of nitrogens with zero attached hydrogens (tertiary/aromatic N) is 3. The number of carbonyl (C=O) groups is 1. The van der Waals surface area contributed by atoms with Crippen molar-refractivity contribution in [2.24, 2.45) is 7.05 Å². The summed E-state index contributed by atoms with van der Waals surface area (Å²) in [5, 5.41) is 8.06. The quantitative estimate of drug-likeness (QED) is 0.545. The average molecular weight is 397 g/mol. The molecule has 0 fully saturated rings. The van der Waals surface area contributed by atoms with Gasteiger partial charge in [0.25, 0.3) is 0 Å². The van der Waals surface area contributed by atoms with Crippen LogP contribution in [0.4, 0.5) is 0 Å². The van der Waals surface area contributed by atoms with Crippen LogP contribution < -0.4 is 5.32 Å². The summed E-state index contributed by atoms with van der Waals surface area (Å²) < 4.78 is 2.04. The molecule has 4 aromatic rings. The zero-order valence-electron chi connectivity index (χ0n) is 15.4. The number of amides is 1. The zero-order valence-corrected chi connectivity index (χ0v) is 17.0. The van der Waals surface area contributed by atoms with Crippen molar-refractivity contribution in [3.8, 4) is 9.88 Å². The number of benzene rings is 1. The number of thiophene rings is 1. The van der Waals surface area contributed by atoms with E-state index in [1.54, 1.807) is 22.7 Å². The van der Waals surface area contributed by atoms with E-state index in [9.17, 15) is 4.79 Å². The average Bonchev–Trinajstić information content (AvgIpc) is 3.35. The van der Waals surface area contributed by atoms with Crippen LogP contribution >= 0.6 is 22.7 Å². The molecule has 0 saturated carbocycles. The first-order valence-electron chi connectivity index (χ1n) is 8.65. The molecule has 0 aliphatic heterocycles. The predicted molar refractivity (Wildman–Crippen MR) is 111 cm³/mol. The van der Waals surface area contributed by atoms with E-state index in [-0.39, 0.29) is 12.3 Å². The molecule has 0 aliphatic rings. The van der Waals surface area contributed by atoms with Gasteiger partial charge in [0, 0.05) is 12.4 Å². The Bertz CT molecular complexity index is 1090. The van der Waals surface area contributed by atoms with Crippen LogP contribution in [0.25, 0.3) is 20.9 Å². The highest BCUT2D eigenvalue weighted by Crippen LogP contribution is 2.28. The van der Waals surface area contributed by atoms with Crippen molar-refractivity contribution in [2.75, 3.05) is 0 Å². The van der Waals surface area contributed by atoms with Gasteiger partial charge in [-0.05, 0) is 37.4 Å². The Morgan fingerprint density at radius 1 is 1.15 bits per heavy atom. The molecule has 1 N–H and O–H groups in total. The first-order valence-corrected chi connectivity index (χ1v) is 10.4. The molecule has 5 nitrogen and oxygen atoms in total. The Balaban J connectivity index is 1.50. The maximum absolute atomic E-state index is 12.6. The molecule has 0 bridgehead atoms. The van der Waals surface area contributed by atoms with Gasteiger partial charge in [-0.3, -0.25) is 4.79 Å². The van der Waals surface area contributed by atoms with E-state index in [1.807, 2.05) is 72.6 Å². The molecular weight excluding hydrogens is 376 g/mol. The smallest absolute Gasteiger partial charge is 0.226 e. The van der Waals surface area contributed by atoms with E-state index in [0.717, 1.165) is 32.4 Å². The van der Waals surface area contributed by atoms with Crippen LogP contribution in [0.1, 0.15) is 25.4 Å².